The summed E-state index contributed by atoms with van der Waals surface area (Å²) in [6.45, 7) is 3.02. The largest absolute Gasteiger partial charge is 0.337 e. The van der Waals surface area contributed by atoms with Gasteiger partial charge in [0, 0.05) is 18.9 Å². The summed E-state index contributed by atoms with van der Waals surface area (Å²) in [5, 5.41) is 2.88. The van der Waals surface area contributed by atoms with Gasteiger partial charge in [0.05, 0.1) is 0 Å². The maximum absolute atomic E-state index is 11.6. The first-order valence-electron chi connectivity index (χ1n) is 12.4. The Hall–Kier alpha value is -1.52. The summed E-state index contributed by atoms with van der Waals surface area (Å²) in [7, 11) is 0. The monoisotopic (exact) mass is 406 g/mol. The van der Waals surface area contributed by atoms with Crippen LogP contribution in [0.25, 0.3) is 0 Å². The van der Waals surface area contributed by atoms with Crippen LogP contribution in [0.4, 0.5) is 4.79 Å². The van der Waals surface area contributed by atoms with Gasteiger partial charge in [0.15, 0.2) is 0 Å². The quantitative estimate of drug-likeness (QED) is 0.225. The molecule has 0 atom stereocenters. The van der Waals surface area contributed by atoms with Crippen LogP contribution in [0.5, 0.6) is 0 Å². The van der Waals surface area contributed by atoms with Crippen molar-refractivity contribution in [2.45, 2.75) is 122 Å². The summed E-state index contributed by atoms with van der Waals surface area (Å²) in [4.78, 5) is 15.5. The predicted molar refractivity (Wildman–Crippen MR) is 124 cm³/mol. The van der Waals surface area contributed by atoms with E-state index in [4.69, 9.17) is 0 Å². The number of rotatable bonds is 20. The first kappa shape index (κ1) is 25.5. The van der Waals surface area contributed by atoms with Gasteiger partial charge in [-0.3, -0.25) is 0 Å². The standard InChI is InChI=1S/C24H46N4O/c1-2-3-4-5-6-7-8-9-10-11-12-13-14-15-16-17-18-19-20-26-24(29)27-28-22-21-25-23-28/h21-23H,2-20H2,1H3,(H2,26,27,29). The lowest BCUT2D eigenvalue weighted by atomic mass is 10.0. The number of unbranched alkanes of at least 4 members (excludes halogenated alkanes) is 17. The zero-order chi connectivity index (χ0) is 20.8. The van der Waals surface area contributed by atoms with Gasteiger partial charge in [-0.25, -0.2) is 19.9 Å². The Bertz CT molecular complexity index is 461. The molecule has 1 heterocycles. The zero-order valence-corrected chi connectivity index (χ0v) is 19.0. The van der Waals surface area contributed by atoms with Crippen LogP contribution in [0.2, 0.25) is 0 Å². The minimum absolute atomic E-state index is 0.171. The Morgan fingerprint density at radius 3 is 1.59 bits per heavy atom. The lowest BCUT2D eigenvalue weighted by Gasteiger charge is -2.07. The summed E-state index contributed by atoms with van der Waals surface area (Å²) in [5.74, 6) is 0. The van der Waals surface area contributed by atoms with Gasteiger partial charge in [-0.15, -0.1) is 0 Å². The molecule has 2 N–H and O–H groups in total. The third-order valence-electron chi connectivity index (χ3n) is 5.55. The van der Waals surface area contributed by atoms with Crippen LogP contribution in [0, 0.1) is 0 Å². The summed E-state index contributed by atoms with van der Waals surface area (Å²) < 4.78 is 1.55. The normalized spacial score (nSPS) is 10.9. The molecule has 0 fully saturated rings. The van der Waals surface area contributed by atoms with Gasteiger partial charge in [-0.05, 0) is 6.42 Å². The van der Waals surface area contributed by atoms with Crippen molar-refractivity contribution in [3.8, 4) is 0 Å². The van der Waals surface area contributed by atoms with Crippen LogP contribution in [0.3, 0.4) is 0 Å². The van der Waals surface area contributed by atoms with Crippen molar-refractivity contribution in [3.05, 3.63) is 18.7 Å². The number of carbonyl (C=O) groups is 1. The van der Waals surface area contributed by atoms with E-state index in [0.29, 0.717) is 0 Å². The molecule has 0 saturated heterocycles. The lowest BCUT2D eigenvalue weighted by molar-refractivity contribution is 0.249. The van der Waals surface area contributed by atoms with Crippen molar-refractivity contribution in [1.82, 2.24) is 15.0 Å². The zero-order valence-electron chi connectivity index (χ0n) is 19.0. The summed E-state index contributed by atoms with van der Waals surface area (Å²) >= 11 is 0. The molecule has 0 aliphatic heterocycles. The number of amides is 2. The third-order valence-corrected chi connectivity index (χ3v) is 5.55. The molecule has 5 nitrogen and oxygen atoms in total. The number of imidazole rings is 1. The van der Waals surface area contributed by atoms with E-state index >= 15 is 0 Å². The van der Waals surface area contributed by atoms with Crippen molar-refractivity contribution in [3.63, 3.8) is 0 Å². The summed E-state index contributed by atoms with van der Waals surface area (Å²) in [5.41, 5.74) is 2.68. The minimum Gasteiger partial charge on any atom is -0.337 e. The average Bonchev–Trinajstić information content (AvgIpc) is 3.22. The van der Waals surface area contributed by atoms with E-state index in [1.165, 1.54) is 109 Å². The number of nitrogens with one attached hydrogen (secondary N) is 2. The van der Waals surface area contributed by atoms with Gasteiger partial charge < -0.3 is 5.32 Å². The second-order valence-corrected chi connectivity index (χ2v) is 8.35. The van der Waals surface area contributed by atoms with E-state index in [1.54, 1.807) is 23.4 Å². The number of aromatic nitrogens is 2. The van der Waals surface area contributed by atoms with Crippen molar-refractivity contribution < 1.29 is 4.79 Å². The van der Waals surface area contributed by atoms with E-state index in [1.807, 2.05) is 0 Å². The number of hydrogen-bond acceptors (Lipinski definition) is 2. The van der Waals surface area contributed by atoms with E-state index < -0.39 is 0 Å². The molecule has 1 aromatic heterocycles. The van der Waals surface area contributed by atoms with E-state index in [0.717, 1.165) is 13.0 Å². The van der Waals surface area contributed by atoms with Crippen LogP contribution in [-0.2, 0) is 0 Å². The maximum atomic E-state index is 11.6. The van der Waals surface area contributed by atoms with Crippen LogP contribution in [-0.4, -0.2) is 22.2 Å². The number of urea groups is 1. The molecule has 0 radical (unpaired) electrons. The van der Waals surface area contributed by atoms with Crippen LogP contribution in [0.1, 0.15) is 122 Å². The average molecular weight is 407 g/mol. The Kier molecular flexibility index (Phi) is 17.4. The molecule has 0 aromatic carbocycles. The first-order valence-corrected chi connectivity index (χ1v) is 12.4. The molecule has 1 aromatic rings. The molecule has 0 aliphatic rings. The van der Waals surface area contributed by atoms with Gasteiger partial charge in [0.25, 0.3) is 0 Å². The van der Waals surface area contributed by atoms with E-state index in [-0.39, 0.29) is 6.03 Å². The molecule has 5 heteroatoms. The molecule has 168 valence electrons. The first-order chi connectivity index (χ1) is 14.3. The molecule has 0 spiro atoms. The second kappa shape index (κ2) is 19.8. The highest BCUT2D eigenvalue weighted by Crippen LogP contribution is 2.14. The Balaban J connectivity index is 1.69. The molecular weight excluding hydrogens is 360 g/mol. The molecular formula is C24H46N4O. The molecule has 2 amide bonds. The van der Waals surface area contributed by atoms with Crippen molar-refractivity contribution in [2.24, 2.45) is 0 Å². The van der Waals surface area contributed by atoms with Gasteiger partial charge in [0.1, 0.15) is 6.33 Å². The second-order valence-electron chi connectivity index (χ2n) is 8.35. The van der Waals surface area contributed by atoms with Crippen LogP contribution >= 0.6 is 0 Å². The topological polar surface area (TPSA) is 59.0 Å². The fourth-order valence-corrected chi connectivity index (χ4v) is 3.71. The molecule has 0 unspecified atom stereocenters. The molecule has 29 heavy (non-hydrogen) atoms. The summed E-state index contributed by atoms with van der Waals surface area (Å²) in [6.07, 6.45) is 29.7. The lowest BCUT2D eigenvalue weighted by Crippen LogP contribution is -2.34. The number of nitrogens with zero attached hydrogens (tertiary/aromatic N) is 2. The Labute approximate surface area is 179 Å². The van der Waals surface area contributed by atoms with E-state index in [9.17, 15) is 4.79 Å². The van der Waals surface area contributed by atoms with Gasteiger partial charge >= 0.3 is 6.03 Å². The number of hydrogen-bond donors (Lipinski definition) is 2. The third kappa shape index (κ3) is 17.1. The minimum atomic E-state index is -0.171. The fourth-order valence-electron chi connectivity index (χ4n) is 3.71. The number of carbonyl (C=O) groups excluding carboxylic acids is 1. The smallest absolute Gasteiger partial charge is 0.333 e. The van der Waals surface area contributed by atoms with Crippen molar-refractivity contribution >= 4 is 6.03 Å². The van der Waals surface area contributed by atoms with Gasteiger partial charge in [-0.2, -0.15) is 0 Å². The van der Waals surface area contributed by atoms with Crippen LogP contribution < -0.4 is 10.7 Å². The summed E-state index contributed by atoms with van der Waals surface area (Å²) in [6, 6.07) is -0.171. The van der Waals surface area contributed by atoms with Gasteiger partial charge in [-0.1, -0.05) is 116 Å². The highest BCUT2D eigenvalue weighted by atomic mass is 16.2. The Morgan fingerprint density at radius 1 is 0.724 bits per heavy atom. The Morgan fingerprint density at radius 2 is 1.17 bits per heavy atom. The van der Waals surface area contributed by atoms with Crippen molar-refractivity contribution in [2.75, 3.05) is 12.0 Å². The molecule has 0 saturated carbocycles. The van der Waals surface area contributed by atoms with Crippen LogP contribution in [0.15, 0.2) is 18.7 Å². The molecule has 0 aliphatic carbocycles. The van der Waals surface area contributed by atoms with E-state index in [2.05, 4.69) is 22.7 Å². The maximum Gasteiger partial charge on any atom is 0.333 e. The highest BCUT2D eigenvalue weighted by Gasteiger charge is 1.99. The fraction of sp³-hybridized carbons (Fsp3) is 0.833. The van der Waals surface area contributed by atoms with Crippen molar-refractivity contribution in [1.29, 1.82) is 0 Å². The molecule has 0 bridgehead atoms. The SMILES string of the molecule is CCCCCCCCCCCCCCCCCCCCNC(=O)Nn1ccnc1. The predicted octanol–water partition coefficient (Wildman–Crippen LogP) is 7.18. The molecule has 1 rings (SSSR count). The highest BCUT2D eigenvalue weighted by molar-refractivity contribution is 5.81. The van der Waals surface area contributed by atoms with Gasteiger partial charge in [0.2, 0.25) is 0 Å².